The normalized spacial score (nSPS) is 12.3. The molecule has 1 aromatic carbocycles. The molecule has 0 aliphatic heterocycles. The fourth-order valence-corrected chi connectivity index (χ4v) is 1.99. The number of halogens is 1. The molecule has 6 heteroatoms. The minimum absolute atomic E-state index is 0.0430. The third-order valence-electron chi connectivity index (χ3n) is 3.12. The molecule has 2 rings (SSSR count). The number of hydrogen-bond donors (Lipinski definition) is 1. The van der Waals surface area contributed by atoms with Gasteiger partial charge >= 0.3 is 0 Å². The Bertz CT molecular complexity index is 696. The highest BCUT2D eigenvalue weighted by molar-refractivity contribution is 6.31. The molecule has 0 saturated heterocycles. The van der Waals surface area contributed by atoms with Gasteiger partial charge in [-0.25, -0.2) is 4.98 Å². The van der Waals surface area contributed by atoms with E-state index in [2.05, 4.69) is 10.3 Å². The molecule has 1 atom stereocenters. The van der Waals surface area contributed by atoms with Crippen molar-refractivity contribution in [3.8, 4) is 0 Å². The molecule has 2 aromatic rings. The first kappa shape index (κ1) is 14.5. The quantitative estimate of drug-likeness (QED) is 0.937. The highest BCUT2D eigenvalue weighted by Gasteiger charge is 2.10. The van der Waals surface area contributed by atoms with Gasteiger partial charge in [-0.3, -0.25) is 14.2 Å². The second-order valence-corrected chi connectivity index (χ2v) is 5.15. The molecule has 0 fully saturated rings. The van der Waals surface area contributed by atoms with Gasteiger partial charge in [0.1, 0.15) is 6.54 Å². The molecule has 0 saturated carbocycles. The van der Waals surface area contributed by atoms with Gasteiger partial charge in [0.2, 0.25) is 5.91 Å². The number of amides is 1. The third-order valence-corrected chi connectivity index (χ3v) is 3.35. The molecular formula is C14H16ClN3O2. The van der Waals surface area contributed by atoms with Crippen LogP contribution in [0.15, 0.2) is 29.3 Å². The van der Waals surface area contributed by atoms with E-state index in [0.717, 1.165) is 6.42 Å². The van der Waals surface area contributed by atoms with Crippen LogP contribution in [0.25, 0.3) is 10.9 Å². The smallest absolute Gasteiger partial charge is 0.261 e. The first-order valence-electron chi connectivity index (χ1n) is 6.45. The Hall–Kier alpha value is -1.88. The second-order valence-electron chi connectivity index (χ2n) is 4.72. The fourth-order valence-electron chi connectivity index (χ4n) is 1.82. The van der Waals surface area contributed by atoms with Gasteiger partial charge in [0.25, 0.3) is 5.56 Å². The Kier molecular flexibility index (Phi) is 4.39. The Morgan fingerprint density at radius 1 is 1.50 bits per heavy atom. The summed E-state index contributed by atoms with van der Waals surface area (Å²) in [7, 11) is 0. The highest BCUT2D eigenvalue weighted by atomic mass is 35.5. The van der Waals surface area contributed by atoms with Gasteiger partial charge in [0, 0.05) is 11.1 Å². The van der Waals surface area contributed by atoms with E-state index in [1.54, 1.807) is 18.2 Å². The maximum atomic E-state index is 12.3. The lowest BCUT2D eigenvalue weighted by atomic mass is 10.2. The summed E-state index contributed by atoms with van der Waals surface area (Å²) in [4.78, 5) is 28.2. The Morgan fingerprint density at radius 3 is 2.95 bits per heavy atom. The summed E-state index contributed by atoms with van der Waals surface area (Å²) in [5.74, 6) is -0.204. The van der Waals surface area contributed by atoms with Crippen molar-refractivity contribution in [3.05, 3.63) is 39.9 Å². The molecular weight excluding hydrogens is 278 g/mol. The van der Waals surface area contributed by atoms with Crippen LogP contribution in [-0.2, 0) is 11.3 Å². The van der Waals surface area contributed by atoms with Crippen molar-refractivity contribution < 1.29 is 4.79 Å². The molecule has 1 amide bonds. The van der Waals surface area contributed by atoms with Crippen LogP contribution in [0.1, 0.15) is 20.3 Å². The zero-order valence-corrected chi connectivity index (χ0v) is 12.1. The Balaban J connectivity index is 2.29. The van der Waals surface area contributed by atoms with Crippen molar-refractivity contribution in [1.29, 1.82) is 0 Å². The van der Waals surface area contributed by atoms with Crippen molar-refractivity contribution in [2.75, 3.05) is 0 Å². The monoisotopic (exact) mass is 293 g/mol. The summed E-state index contributed by atoms with van der Waals surface area (Å²) >= 11 is 5.88. The number of hydrogen-bond acceptors (Lipinski definition) is 3. The van der Waals surface area contributed by atoms with Crippen LogP contribution in [0.5, 0.6) is 0 Å². The molecule has 1 N–H and O–H groups in total. The summed E-state index contributed by atoms with van der Waals surface area (Å²) in [5, 5.41) is 3.70. The van der Waals surface area contributed by atoms with Crippen molar-refractivity contribution >= 4 is 28.4 Å². The lowest BCUT2D eigenvalue weighted by Gasteiger charge is -2.12. The average molecular weight is 294 g/mol. The van der Waals surface area contributed by atoms with E-state index >= 15 is 0 Å². The van der Waals surface area contributed by atoms with Crippen LogP contribution in [-0.4, -0.2) is 21.5 Å². The van der Waals surface area contributed by atoms with Gasteiger partial charge in [-0.1, -0.05) is 18.5 Å². The van der Waals surface area contributed by atoms with Gasteiger partial charge in [0.05, 0.1) is 17.2 Å². The van der Waals surface area contributed by atoms with Gasteiger partial charge in [-0.05, 0) is 31.5 Å². The number of carbonyl (C=O) groups excluding carboxylic acids is 1. The summed E-state index contributed by atoms with van der Waals surface area (Å²) < 4.78 is 1.29. The highest BCUT2D eigenvalue weighted by Crippen LogP contribution is 2.13. The van der Waals surface area contributed by atoms with E-state index in [0.29, 0.717) is 15.9 Å². The molecule has 1 unspecified atom stereocenters. The van der Waals surface area contributed by atoms with Crippen molar-refractivity contribution in [3.63, 3.8) is 0 Å². The number of carbonyl (C=O) groups is 1. The minimum atomic E-state index is -0.267. The van der Waals surface area contributed by atoms with Crippen molar-refractivity contribution in [2.24, 2.45) is 0 Å². The van der Waals surface area contributed by atoms with Crippen LogP contribution in [0.4, 0.5) is 0 Å². The minimum Gasteiger partial charge on any atom is -0.352 e. The van der Waals surface area contributed by atoms with E-state index < -0.39 is 0 Å². The Morgan fingerprint density at radius 2 is 2.25 bits per heavy atom. The molecule has 0 aliphatic rings. The SMILES string of the molecule is CCC(C)NC(=O)Cn1cnc2ccc(Cl)cc2c1=O. The molecule has 0 aliphatic carbocycles. The van der Waals surface area contributed by atoms with Gasteiger partial charge < -0.3 is 5.32 Å². The largest absolute Gasteiger partial charge is 0.352 e. The molecule has 20 heavy (non-hydrogen) atoms. The number of nitrogens with one attached hydrogen (secondary N) is 1. The topological polar surface area (TPSA) is 64.0 Å². The second kappa shape index (κ2) is 6.05. The lowest BCUT2D eigenvalue weighted by Crippen LogP contribution is -2.37. The number of benzene rings is 1. The first-order valence-corrected chi connectivity index (χ1v) is 6.83. The van der Waals surface area contributed by atoms with Crippen LogP contribution >= 0.6 is 11.6 Å². The van der Waals surface area contributed by atoms with Crippen LogP contribution in [0.3, 0.4) is 0 Å². The summed E-state index contributed by atoms with van der Waals surface area (Å²) in [6.45, 7) is 3.86. The van der Waals surface area contributed by atoms with E-state index in [4.69, 9.17) is 11.6 Å². The van der Waals surface area contributed by atoms with Gasteiger partial charge in [-0.15, -0.1) is 0 Å². The molecule has 0 bridgehead atoms. The first-order chi connectivity index (χ1) is 9.51. The Labute approximate surface area is 121 Å². The molecule has 1 heterocycles. The maximum Gasteiger partial charge on any atom is 0.261 e. The summed E-state index contributed by atoms with van der Waals surface area (Å²) in [5.41, 5.74) is 0.301. The van der Waals surface area contributed by atoms with Crippen molar-refractivity contribution in [2.45, 2.75) is 32.9 Å². The molecule has 106 valence electrons. The molecule has 1 aromatic heterocycles. The van der Waals surface area contributed by atoms with Crippen LogP contribution < -0.4 is 10.9 Å². The molecule has 0 radical (unpaired) electrons. The van der Waals surface area contributed by atoms with E-state index in [1.165, 1.54) is 10.9 Å². The molecule has 5 nitrogen and oxygen atoms in total. The number of nitrogens with zero attached hydrogens (tertiary/aromatic N) is 2. The number of aromatic nitrogens is 2. The van der Waals surface area contributed by atoms with Crippen LogP contribution in [0, 0.1) is 0 Å². The number of rotatable bonds is 4. The van der Waals surface area contributed by atoms with E-state index in [-0.39, 0.29) is 24.1 Å². The summed E-state index contributed by atoms with van der Waals surface area (Å²) in [6.07, 6.45) is 2.22. The fraction of sp³-hybridized carbons (Fsp3) is 0.357. The van der Waals surface area contributed by atoms with Gasteiger partial charge in [-0.2, -0.15) is 0 Å². The average Bonchev–Trinajstić information content (AvgIpc) is 2.42. The standard InChI is InChI=1S/C14H16ClN3O2/c1-3-9(2)17-13(19)7-18-8-16-12-5-4-10(15)6-11(12)14(18)20/h4-6,8-9H,3,7H2,1-2H3,(H,17,19). The van der Waals surface area contributed by atoms with E-state index in [9.17, 15) is 9.59 Å². The predicted molar refractivity (Wildman–Crippen MR) is 78.9 cm³/mol. The third kappa shape index (κ3) is 3.17. The van der Waals surface area contributed by atoms with E-state index in [1.807, 2.05) is 13.8 Å². The van der Waals surface area contributed by atoms with Crippen LogP contribution in [0.2, 0.25) is 5.02 Å². The number of fused-ring (bicyclic) bond motifs is 1. The molecule has 0 spiro atoms. The zero-order valence-electron chi connectivity index (χ0n) is 11.4. The van der Waals surface area contributed by atoms with Crippen molar-refractivity contribution in [1.82, 2.24) is 14.9 Å². The lowest BCUT2D eigenvalue weighted by molar-refractivity contribution is -0.122. The predicted octanol–water partition coefficient (Wildman–Crippen LogP) is 1.96. The zero-order chi connectivity index (χ0) is 14.7. The maximum absolute atomic E-state index is 12.3. The van der Waals surface area contributed by atoms with Gasteiger partial charge in [0.15, 0.2) is 0 Å². The summed E-state index contributed by atoms with van der Waals surface area (Å²) in [6, 6.07) is 5.01.